The van der Waals surface area contributed by atoms with Gasteiger partial charge in [0.2, 0.25) is 10.0 Å². The third-order valence-electron chi connectivity index (χ3n) is 5.11. The maximum atomic E-state index is 13.1. The lowest BCUT2D eigenvalue weighted by Crippen LogP contribution is -2.59. The van der Waals surface area contributed by atoms with Crippen molar-refractivity contribution in [3.05, 3.63) is 66.0 Å². The molecule has 4 rings (SSSR count). The molecular weight excluding hydrogens is 355 g/mol. The molecule has 2 aromatic carbocycles. The lowest BCUT2D eigenvalue weighted by molar-refractivity contribution is -0.0709. The highest BCUT2D eigenvalue weighted by Crippen LogP contribution is 2.31. The Morgan fingerprint density at radius 2 is 1.69 bits per heavy atom. The van der Waals surface area contributed by atoms with Crippen molar-refractivity contribution in [1.82, 2.24) is 9.21 Å². The van der Waals surface area contributed by atoms with E-state index >= 15 is 0 Å². The molecule has 2 saturated heterocycles. The van der Waals surface area contributed by atoms with Gasteiger partial charge in [-0.15, -0.1) is 0 Å². The van der Waals surface area contributed by atoms with Crippen LogP contribution in [0.3, 0.4) is 0 Å². The summed E-state index contributed by atoms with van der Waals surface area (Å²) in [5, 5.41) is 0. The van der Waals surface area contributed by atoms with Crippen LogP contribution in [-0.4, -0.2) is 56.5 Å². The molecule has 2 aromatic rings. The van der Waals surface area contributed by atoms with Crippen LogP contribution < -0.4 is 0 Å². The van der Waals surface area contributed by atoms with Crippen LogP contribution in [0.4, 0.5) is 4.39 Å². The summed E-state index contributed by atoms with van der Waals surface area (Å²) in [6.07, 6.45) is 0. The Kier molecular flexibility index (Phi) is 4.79. The van der Waals surface area contributed by atoms with Gasteiger partial charge in [-0.05, 0) is 29.8 Å². The molecule has 0 radical (unpaired) electrons. The molecule has 26 heavy (non-hydrogen) atoms. The number of rotatable bonds is 3. The summed E-state index contributed by atoms with van der Waals surface area (Å²) in [6.45, 7) is 2.57. The van der Waals surface area contributed by atoms with Gasteiger partial charge in [-0.1, -0.05) is 30.3 Å². The van der Waals surface area contributed by atoms with Gasteiger partial charge < -0.3 is 4.74 Å². The quantitative estimate of drug-likeness (QED) is 0.825. The van der Waals surface area contributed by atoms with E-state index in [-0.39, 0.29) is 17.0 Å². The molecule has 2 aliphatic heterocycles. The maximum Gasteiger partial charge on any atom is 0.243 e. The van der Waals surface area contributed by atoms with Gasteiger partial charge in [-0.2, -0.15) is 4.31 Å². The normalized spacial score (nSPS) is 25.0. The van der Waals surface area contributed by atoms with Crippen molar-refractivity contribution in [3.8, 4) is 0 Å². The highest BCUT2D eigenvalue weighted by Gasteiger charge is 2.39. The first-order chi connectivity index (χ1) is 12.6. The maximum absolute atomic E-state index is 13.1. The number of morpholine rings is 1. The predicted octanol–water partition coefficient (Wildman–Crippen LogP) is 2.27. The molecule has 2 fully saturated rings. The van der Waals surface area contributed by atoms with Gasteiger partial charge in [0.05, 0.1) is 24.2 Å². The third kappa shape index (κ3) is 3.27. The fourth-order valence-corrected chi connectivity index (χ4v) is 5.22. The molecule has 2 aliphatic rings. The average Bonchev–Trinajstić information content (AvgIpc) is 2.68. The second-order valence-electron chi connectivity index (χ2n) is 6.67. The summed E-state index contributed by atoms with van der Waals surface area (Å²) in [5.74, 6) is -0.444. The van der Waals surface area contributed by atoms with Gasteiger partial charge >= 0.3 is 0 Å². The minimum absolute atomic E-state index is 0.0120. The number of benzene rings is 2. The van der Waals surface area contributed by atoms with Gasteiger partial charge in [0, 0.05) is 25.7 Å². The van der Waals surface area contributed by atoms with Crippen molar-refractivity contribution in [2.75, 3.05) is 32.8 Å². The number of fused-ring (bicyclic) bond motifs is 1. The van der Waals surface area contributed by atoms with Crippen molar-refractivity contribution in [3.63, 3.8) is 0 Å². The Balaban J connectivity index is 1.54. The van der Waals surface area contributed by atoms with E-state index in [4.69, 9.17) is 4.74 Å². The zero-order chi connectivity index (χ0) is 18.1. The van der Waals surface area contributed by atoms with Crippen LogP contribution >= 0.6 is 0 Å². The largest absolute Gasteiger partial charge is 0.378 e. The summed E-state index contributed by atoms with van der Waals surface area (Å²) >= 11 is 0. The first-order valence-electron chi connectivity index (χ1n) is 8.70. The number of hydrogen-bond donors (Lipinski definition) is 0. The predicted molar refractivity (Wildman–Crippen MR) is 95.7 cm³/mol. The Bertz CT molecular complexity index is 858. The highest BCUT2D eigenvalue weighted by molar-refractivity contribution is 7.89. The van der Waals surface area contributed by atoms with E-state index in [0.29, 0.717) is 32.8 Å². The molecule has 0 amide bonds. The third-order valence-corrected chi connectivity index (χ3v) is 6.99. The zero-order valence-electron chi connectivity index (χ0n) is 14.3. The topological polar surface area (TPSA) is 49.9 Å². The number of sulfonamides is 1. The van der Waals surface area contributed by atoms with Crippen LogP contribution in [0.25, 0.3) is 0 Å². The van der Waals surface area contributed by atoms with Gasteiger partial charge in [-0.25, -0.2) is 12.8 Å². The van der Waals surface area contributed by atoms with Crippen LogP contribution in [0.2, 0.25) is 0 Å². The molecule has 7 heteroatoms. The van der Waals surface area contributed by atoms with E-state index in [1.165, 1.54) is 34.1 Å². The van der Waals surface area contributed by atoms with Crippen LogP contribution in [0, 0.1) is 5.82 Å². The van der Waals surface area contributed by atoms with Crippen molar-refractivity contribution in [2.24, 2.45) is 0 Å². The lowest BCUT2D eigenvalue weighted by Gasteiger charge is -2.47. The first kappa shape index (κ1) is 17.6. The summed E-state index contributed by atoms with van der Waals surface area (Å²) in [5.41, 5.74) is 1.19. The molecule has 0 bridgehead atoms. The van der Waals surface area contributed by atoms with Crippen molar-refractivity contribution >= 4 is 10.0 Å². The van der Waals surface area contributed by atoms with E-state index in [1.807, 2.05) is 18.2 Å². The van der Waals surface area contributed by atoms with Crippen LogP contribution in [0.15, 0.2) is 59.5 Å². The molecule has 2 heterocycles. The Hall–Kier alpha value is -1.80. The number of ether oxygens (including phenoxy) is 1. The fraction of sp³-hybridized carbons (Fsp3) is 0.368. The number of hydrogen-bond acceptors (Lipinski definition) is 4. The van der Waals surface area contributed by atoms with Crippen molar-refractivity contribution in [1.29, 1.82) is 0 Å². The van der Waals surface area contributed by atoms with Crippen LogP contribution in [0.1, 0.15) is 11.6 Å². The summed E-state index contributed by atoms with van der Waals surface area (Å²) in [6, 6.07) is 15.3. The van der Waals surface area contributed by atoms with Crippen molar-refractivity contribution < 1.29 is 17.5 Å². The molecule has 0 spiro atoms. The molecule has 0 unspecified atom stereocenters. The number of piperazine rings is 1. The Morgan fingerprint density at radius 3 is 2.42 bits per heavy atom. The molecule has 2 atom stereocenters. The van der Waals surface area contributed by atoms with Crippen LogP contribution in [-0.2, 0) is 14.8 Å². The standard InChI is InChI=1S/C19H21FN2O3S/c20-16-6-8-18(9-7-16)26(23,24)21-10-11-22-17(12-21)13-25-14-19(22)15-4-2-1-3-5-15/h1-9,17,19H,10-14H2/t17-,19-/m1/s1. The monoisotopic (exact) mass is 376 g/mol. The second kappa shape index (κ2) is 7.08. The second-order valence-corrected chi connectivity index (χ2v) is 8.61. The lowest BCUT2D eigenvalue weighted by atomic mass is 10.0. The number of nitrogens with zero attached hydrogens (tertiary/aromatic N) is 2. The van der Waals surface area contributed by atoms with Gasteiger partial charge in [0.1, 0.15) is 5.82 Å². The molecule has 0 aliphatic carbocycles. The van der Waals surface area contributed by atoms with E-state index in [2.05, 4.69) is 17.0 Å². The molecule has 0 saturated carbocycles. The van der Waals surface area contributed by atoms with E-state index < -0.39 is 15.8 Å². The van der Waals surface area contributed by atoms with Gasteiger partial charge in [0.15, 0.2) is 0 Å². The summed E-state index contributed by atoms with van der Waals surface area (Å²) < 4.78 is 46.1. The van der Waals surface area contributed by atoms with E-state index in [0.717, 1.165) is 0 Å². The molecule has 0 N–H and O–H groups in total. The molecule has 0 aromatic heterocycles. The van der Waals surface area contributed by atoms with Crippen LogP contribution in [0.5, 0.6) is 0 Å². The molecule has 138 valence electrons. The van der Waals surface area contributed by atoms with Gasteiger partial charge in [-0.3, -0.25) is 4.90 Å². The minimum atomic E-state index is -3.63. The molecule has 5 nitrogen and oxygen atoms in total. The fourth-order valence-electron chi connectivity index (χ4n) is 3.75. The number of halogens is 1. The Morgan fingerprint density at radius 1 is 0.962 bits per heavy atom. The average molecular weight is 376 g/mol. The molecular formula is C19H21FN2O3S. The van der Waals surface area contributed by atoms with Crippen molar-refractivity contribution in [2.45, 2.75) is 17.0 Å². The van der Waals surface area contributed by atoms with E-state index in [9.17, 15) is 12.8 Å². The van der Waals surface area contributed by atoms with Gasteiger partial charge in [0.25, 0.3) is 0 Å². The first-order valence-corrected chi connectivity index (χ1v) is 10.1. The van der Waals surface area contributed by atoms with E-state index in [1.54, 1.807) is 0 Å². The zero-order valence-corrected chi connectivity index (χ0v) is 15.1. The Labute approximate surface area is 153 Å². The summed E-state index contributed by atoms with van der Waals surface area (Å²) in [4.78, 5) is 2.47. The smallest absolute Gasteiger partial charge is 0.243 e. The highest BCUT2D eigenvalue weighted by atomic mass is 32.2. The minimum Gasteiger partial charge on any atom is -0.378 e. The summed E-state index contributed by atoms with van der Waals surface area (Å²) in [7, 11) is -3.63. The SMILES string of the molecule is O=S(=O)(c1ccc(F)cc1)N1CCN2[C@@H](COC[C@@H]2c2ccccc2)C1.